The van der Waals surface area contributed by atoms with E-state index in [0.29, 0.717) is 0 Å². The normalized spacial score (nSPS) is 10.9. The maximum absolute atomic E-state index is 9.22. The molecular formula is H20Ca5O50P10. The standard InChI is InChI=1S/5Ca.10H3O5P/c;;;;;10*1-5-6(2,3)4/h;;;;;10*1H,(H2,2,3,4)/q5*+2;;;;;;;;;;/p-10. The number of hydrogen-bond donors (Lipinski definition) is 20. The summed E-state index contributed by atoms with van der Waals surface area (Å²) in [6.45, 7) is 0. The largest absolute Gasteiger partial charge is 2.00 e. The number of phosphoric acid groups is 10. The van der Waals surface area contributed by atoms with E-state index in [0.717, 1.165) is 0 Å². The summed E-state index contributed by atoms with van der Waals surface area (Å²) in [5, 5.41) is 70.8. The molecule has 65 heavy (non-hydrogen) atoms. The second kappa shape index (κ2) is 58.7. The fourth-order valence-electron chi connectivity index (χ4n) is 0. The molecule has 0 spiro atoms. The molecule has 0 atom stereocenters. The molecule has 0 aliphatic heterocycles. The average molecular weight is 1330 g/mol. The third-order valence-electron chi connectivity index (χ3n) is 1.03. The Morgan fingerprint density at radius 1 is 0.200 bits per heavy atom. The number of rotatable bonds is 10. The molecule has 65 heteroatoms. The molecule has 0 unspecified atom stereocenters. The zero-order valence-electron chi connectivity index (χ0n) is 29.2. The molecule has 0 heterocycles. The molecule has 0 saturated heterocycles. The maximum Gasteiger partial charge on any atom is 2.00 e. The summed E-state index contributed by atoms with van der Waals surface area (Å²) >= 11 is 0. The summed E-state index contributed by atoms with van der Waals surface area (Å²) in [6, 6.07) is 0. The second-order valence-corrected chi connectivity index (χ2v) is 16.5. The van der Waals surface area contributed by atoms with Crippen LogP contribution in [0.2, 0.25) is 0 Å². The Labute approximate surface area is 502 Å². The third-order valence-corrected chi connectivity index (χ3v) is 3.10. The Hall–Kier alpha value is 7.00. The van der Waals surface area contributed by atoms with E-state index in [4.69, 9.17) is 173 Å². The molecule has 20 N–H and O–H groups in total. The van der Waals surface area contributed by atoms with Gasteiger partial charge in [-0.1, -0.05) is 0 Å². The second-order valence-electron chi connectivity index (χ2n) is 5.51. The van der Waals surface area contributed by atoms with Crippen molar-refractivity contribution in [3.63, 3.8) is 0 Å². The van der Waals surface area contributed by atoms with Crippen molar-refractivity contribution < 1.29 is 243 Å². The predicted octanol–water partition coefficient (Wildman–Crippen LogP) is -12.5. The Balaban J connectivity index is -0.0000000326. The van der Waals surface area contributed by atoms with Crippen molar-refractivity contribution in [2.24, 2.45) is 0 Å². The van der Waals surface area contributed by atoms with E-state index in [1.807, 2.05) is 0 Å². The van der Waals surface area contributed by atoms with Crippen molar-refractivity contribution in [3.8, 4) is 0 Å². The van der Waals surface area contributed by atoms with Crippen LogP contribution < -0.4 is 48.9 Å². The Bertz CT molecular complexity index is 1070. The van der Waals surface area contributed by atoms with Gasteiger partial charge in [0.2, 0.25) is 0 Å². The van der Waals surface area contributed by atoms with Gasteiger partial charge in [0.1, 0.15) is 0 Å². The molecule has 50 nitrogen and oxygen atoms in total. The fourth-order valence-corrected chi connectivity index (χ4v) is 0. The molecule has 0 aromatic carbocycles. The SMILES string of the molecule is O=P(O)(O)OO.O=P(O)(O)OO.O=P(O)(O)OO.O=P(O)(O)OO.O=P(O)(O)OO.O=P([O-])([O-])OO.O=P([O-])([O-])OO.O=P([O-])([O-])OO.O=P([O-])([O-])OO.O=P([O-])([O-])OO.[Ca+2].[Ca+2].[Ca+2].[Ca+2].[Ca+2]. The minimum atomic E-state index is -5.09. The van der Waals surface area contributed by atoms with Crippen LogP contribution in [-0.2, 0) is 92.4 Å². The van der Waals surface area contributed by atoms with Gasteiger partial charge in [0.15, 0.2) is 0 Å². The quantitative estimate of drug-likeness (QED) is 0.0418. The van der Waals surface area contributed by atoms with Gasteiger partial charge in [0, 0.05) is 0 Å². The summed E-state index contributed by atoms with van der Waals surface area (Å²) in [5.41, 5.74) is 0. The summed E-state index contributed by atoms with van der Waals surface area (Å²) < 4.78 is 116. The van der Waals surface area contributed by atoms with Crippen LogP contribution in [-0.4, -0.2) is 290 Å². The van der Waals surface area contributed by atoms with Gasteiger partial charge in [0.25, 0.3) is 0 Å². The van der Waals surface area contributed by atoms with Crippen LogP contribution in [0.5, 0.6) is 0 Å². The predicted molar refractivity (Wildman–Crippen MR) is 164 cm³/mol. The first-order chi connectivity index (χ1) is 25.6. The third kappa shape index (κ3) is 247. The molecule has 0 saturated carbocycles. The monoisotopic (exact) mass is 1330 g/mol. The molecule has 380 valence electrons. The van der Waals surface area contributed by atoms with E-state index in [1.54, 1.807) is 0 Å². The van der Waals surface area contributed by atoms with Crippen LogP contribution in [0.15, 0.2) is 0 Å². The average Bonchev–Trinajstić information content (AvgIpc) is 3.04. The molecule has 0 aromatic heterocycles. The minimum absolute atomic E-state index is 0. The van der Waals surface area contributed by atoms with Gasteiger partial charge >= 0.3 is 228 Å². The van der Waals surface area contributed by atoms with Crippen molar-refractivity contribution in [2.75, 3.05) is 0 Å². The molecule has 0 fully saturated rings. The summed E-state index contributed by atoms with van der Waals surface area (Å²) in [4.78, 5) is 165. The summed E-state index contributed by atoms with van der Waals surface area (Å²) in [6.07, 6.45) is 0. The molecular weight excluding hydrogens is 1310 g/mol. The molecule has 0 rings (SSSR count). The van der Waals surface area contributed by atoms with Gasteiger partial charge < -0.3 is 121 Å². The first-order valence-electron chi connectivity index (χ1n) is 9.30. The molecule has 0 aliphatic rings. The number of hydrogen-bond acceptors (Lipinski definition) is 40. The maximum atomic E-state index is 9.22. The van der Waals surface area contributed by atoms with Crippen molar-refractivity contribution in [1.29, 1.82) is 0 Å². The van der Waals surface area contributed by atoms with Gasteiger partial charge in [-0.05, 0) is 0 Å². The van der Waals surface area contributed by atoms with Gasteiger partial charge in [-0.2, -0.15) is 0 Å². The van der Waals surface area contributed by atoms with Crippen LogP contribution in [0.4, 0.5) is 0 Å². The van der Waals surface area contributed by atoms with E-state index >= 15 is 0 Å². The topological polar surface area (TPSA) is 898 Å². The van der Waals surface area contributed by atoms with Crippen molar-refractivity contribution in [2.45, 2.75) is 0 Å². The van der Waals surface area contributed by atoms with E-state index < -0.39 is 78.2 Å². The van der Waals surface area contributed by atoms with Gasteiger partial charge in [0.05, 0.1) is 39.1 Å². The Kier molecular flexibility index (Phi) is 101. The molecule has 0 bridgehead atoms. The molecule has 0 aliphatic carbocycles. The summed E-state index contributed by atoms with van der Waals surface area (Å²) in [5.74, 6) is 0. The molecule has 0 amide bonds. The minimum Gasteiger partial charge on any atom is -0.788 e. The Morgan fingerprint density at radius 3 is 0.231 bits per heavy atom. The van der Waals surface area contributed by atoms with Crippen LogP contribution in [0.3, 0.4) is 0 Å². The van der Waals surface area contributed by atoms with E-state index in [2.05, 4.69) is 46.7 Å². The van der Waals surface area contributed by atoms with Crippen molar-refractivity contribution >= 4 is 267 Å². The first-order valence-corrected chi connectivity index (χ1v) is 24.3. The molecule has 0 aromatic rings. The van der Waals surface area contributed by atoms with Crippen molar-refractivity contribution in [3.05, 3.63) is 0 Å². The van der Waals surface area contributed by atoms with Crippen LogP contribution in [0.25, 0.3) is 0 Å². The zero-order valence-corrected chi connectivity index (χ0v) is 49.2. The smallest absolute Gasteiger partial charge is 0.788 e. The van der Waals surface area contributed by atoms with Gasteiger partial charge in [-0.25, -0.2) is 98.8 Å². The fraction of sp³-hybridized carbons (Fsp3) is 0. The van der Waals surface area contributed by atoms with Crippen molar-refractivity contribution in [1.82, 2.24) is 0 Å². The van der Waals surface area contributed by atoms with Crippen LogP contribution in [0, 0.1) is 0 Å². The summed E-state index contributed by atoms with van der Waals surface area (Å²) in [7, 11) is -48.4. The molecule has 0 radical (unpaired) electrons. The first kappa shape index (κ1) is 112. The van der Waals surface area contributed by atoms with E-state index in [1.165, 1.54) is 0 Å². The Morgan fingerprint density at radius 2 is 0.231 bits per heavy atom. The van der Waals surface area contributed by atoms with Gasteiger partial charge in [-0.3, -0.25) is 0 Å². The van der Waals surface area contributed by atoms with Crippen LogP contribution >= 0.6 is 78.2 Å². The zero-order chi connectivity index (χ0) is 52.1. The van der Waals surface area contributed by atoms with E-state index in [9.17, 15) is 22.8 Å². The van der Waals surface area contributed by atoms with E-state index in [-0.39, 0.29) is 189 Å². The van der Waals surface area contributed by atoms with Crippen LogP contribution in [0.1, 0.15) is 0 Å². The van der Waals surface area contributed by atoms with Gasteiger partial charge in [-0.15, -0.1) is 23.4 Å².